The summed E-state index contributed by atoms with van der Waals surface area (Å²) >= 11 is 1.62. The van der Waals surface area contributed by atoms with Crippen LogP contribution in [0.3, 0.4) is 0 Å². The van der Waals surface area contributed by atoms with Crippen LogP contribution in [0, 0.1) is 6.92 Å². The number of aromatic nitrogens is 1. The van der Waals surface area contributed by atoms with Gasteiger partial charge in [0.15, 0.2) is 0 Å². The summed E-state index contributed by atoms with van der Waals surface area (Å²) in [6, 6.07) is 0. The van der Waals surface area contributed by atoms with E-state index in [0.29, 0.717) is 6.42 Å². The van der Waals surface area contributed by atoms with Crippen LogP contribution in [0.25, 0.3) is 6.08 Å². The summed E-state index contributed by atoms with van der Waals surface area (Å²) in [5.74, 6) is 0. The number of rotatable bonds is 5. The number of allylic oxidation sites excluding steroid dienone is 2. The standard InChI is InChI=1S/C14H19NOS.C2H6/c1-5-10(2)6-7-14(16)11(3)8-13-9-17-12(4)15-13;1-2/h5-6,8-9,14,16H,1,7H2,2-4H3;1-2H3/b10-6-,11-8+;/t14-;/m0./s1. The molecule has 106 valence electrons. The summed E-state index contributed by atoms with van der Waals surface area (Å²) in [4.78, 5) is 4.34. The van der Waals surface area contributed by atoms with Crippen molar-refractivity contribution >= 4 is 17.4 Å². The Bertz CT molecular complexity index is 443. The highest BCUT2D eigenvalue weighted by molar-refractivity contribution is 7.09. The summed E-state index contributed by atoms with van der Waals surface area (Å²) in [6.45, 7) is 13.6. The van der Waals surface area contributed by atoms with Gasteiger partial charge in [-0.3, -0.25) is 0 Å². The van der Waals surface area contributed by atoms with Crippen molar-refractivity contribution in [3.63, 3.8) is 0 Å². The molecule has 0 radical (unpaired) electrons. The average molecular weight is 279 g/mol. The number of aryl methyl sites for hydroxylation is 1. The van der Waals surface area contributed by atoms with Crippen LogP contribution in [0.4, 0.5) is 0 Å². The van der Waals surface area contributed by atoms with Crippen LogP contribution in [0.2, 0.25) is 0 Å². The van der Waals surface area contributed by atoms with Gasteiger partial charge in [-0.05, 0) is 38.8 Å². The maximum absolute atomic E-state index is 9.96. The minimum atomic E-state index is -0.452. The Hall–Kier alpha value is -1.19. The Morgan fingerprint density at radius 1 is 1.47 bits per heavy atom. The highest BCUT2D eigenvalue weighted by Crippen LogP contribution is 2.15. The molecule has 0 aliphatic heterocycles. The molecule has 19 heavy (non-hydrogen) atoms. The van der Waals surface area contributed by atoms with Gasteiger partial charge >= 0.3 is 0 Å². The third-order valence-electron chi connectivity index (χ3n) is 2.52. The molecule has 3 heteroatoms. The van der Waals surface area contributed by atoms with Crippen molar-refractivity contribution in [3.8, 4) is 0 Å². The molecule has 1 aromatic heterocycles. The summed E-state index contributed by atoms with van der Waals surface area (Å²) in [5, 5.41) is 13.0. The monoisotopic (exact) mass is 279 g/mol. The maximum atomic E-state index is 9.96. The molecule has 0 aliphatic rings. The van der Waals surface area contributed by atoms with E-state index in [2.05, 4.69) is 11.6 Å². The quantitative estimate of drug-likeness (QED) is 0.788. The van der Waals surface area contributed by atoms with Crippen LogP contribution in [0.15, 0.2) is 35.3 Å². The van der Waals surface area contributed by atoms with Gasteiger partial charge < -0.3 is 5.11 Å². The Morgan fingerprint density at radius 2 is 2.11 bits per heavy atom. The average Bonchev–Trinajstić information content (AvgIpc) is 2.83. The zero-order chi connectivity index (χ0) is 14.8. The zero-order valence-corrected chi connectivity index (χ0v) is 13.4. The first-order valence-corrected chi connectivity index (χ1v) is 7.48. The van der Waals surface area contributed by atoms with Gasteiger partial charge in [-0.25, -0.2) is 4.98 Å². The molecule has 0 spiro atoms. The van der Waals surface area contributed by atoms with Gasteiger partial charge in [0.2, 0.25) is 0 Å². The highest BCUT2D eigenvalue weighted by atomic mass is 32.1. The molecule has 0 aromatic carbocycles. The zero-order valence-electron chi connectivity index (χ0n) is 12.6. The van der Waals surface area contributed by atoms with Crippen molar-refractivity contribution < 1.29 is 5.11 Å². The van der Waals surface area contributed by atoms with Crippen molar-refractivity contribution in [3.05, 3.63) is 46.0 Å². The second-order valence-corrected chi connectivity index (χ2v) is 5.15. The van der Waals surface area contributed by atoms with Crippen LogP contribution < -0.4 is 0 Å². The van der Waals surface area contributed by atoms with Crippen molar-refractivity contribution in [2.24, 2.45) is 0 Å². The number of thiazole rings is 1. The lowest BCUT2D eigenvalue weighted by atomic mass is 10.1. The molecule has 0 amide bonds. The number of hydrogen-bond donors (Lipinski definition) is 1. The molecule has 1 N–H and O–H groups in total. The summed E-state index contributed by atoms with van der Waals surface area (Å²) in [7, 11) is 0. The van der Waals surface area contributed by atoms with Crippen LogP contribution in [0.1, 0.15) is 44.8 Å². The fraction of sp³-hybridized carbons (Fsp3) is 0.438. The molecule has 0 saturated carbocycles. The topological polar surface area (TPSA) is 33.1 Å². The van der Waals surface area contributed by atoms with E-state index in [9.17, 15) is 5.11 Å². The summed E-state index contributed by atoms with van der Waals surface area (Å²) in [5.41, 5.74) is 2.94. The Balaban J connectivity index is 0.00000154. The normalized spacial score (nSPS) is 13.6. The van der Waals surface area contributed by atoms with E-state index in [4.69, 9.17) is 0 Å². The molecule has 1 heterocycles. The third kappa shape index (κ3) is 7.09. The van der Waals surface area contributed by atoms with E-state index < -0.39 is 6.10 Å². The van der Waals surface area contributed by atoms with Gasteiger partial charge in [0.1, 0.15) is 0 Å². The predicted molar refractivity (Wildman–Crippen MR) is 86.4 cm³/mol. The van der Waals surface area contributed by atoms with Crippen molar-refractivity contribution in [2.45, 2.75) is 47.1 Å². The largest absolute Gasteiger partial charge is 0.388 e. The number of aliphatic hydroxyl groups is 1. The SMILES string of the molecule is C=C/C(C)=C\C[C@H](O)/C(C)=C/c1csc(C)n1.CC. The molecule has 0 aliphatic carbocycles. The van der Waals surface area contributed by atoms with E-state index in [0.717, 1.165) is 21.8 Å². The number of aliphatic hydroxyl groups excluding tert-OH is 1. The van der Waals surface area contributed by atoms with Crippen LogP contribution >= 0.6 is 11.3 Å². The third-order valence-corrected chi connectivity index (χ3v) is 3.31. The molecule has 2 nitrogen and oxygen atoms in total. The minimum absolute atomic E-state index is 0.452. The first-order valence-electron chi connectivity index (χ1n) is 6.60. The molecule has 1 aromatic rings. The second kappa shape index (κ2) is 9.70. The Kier molecular flexibility index (Phi) is 9.09. The first-order chi connectivity index (χ1) is 9.02. The number of hydrogen-bond acceptors (Lipinski definition) is 3. The van der Waals surface area contributed by atoms with Crippen molar-refractivity contribution in [2.75, 3.05) is 0 Å². The molecule has 1 rings (SSSR count). The molecule has 1 atom stereocenters. The van der Waals surface area contributed by atoms with E-state index in [1.165, 1.54) is 0 Å². The van der Waals surface area contributed by atoms with Crippen molar-refractivity contribution in [1.82, 2.24) is 4.98 Å². The predicted octanol–water partition coefficient (Wildman–Crippen LogP) is 4.76. The van der Waals surface area contributed by atoms with Crippen LogP contribution in [0.5, 0.6) is 0 Å². The fourth-order valence-corrected chi connectivity index (χ4v) is 1.91. The smallest absolute Gasteiger partial charge is 0.0901 e. The van der Waals surface area contributed by atoms with Crippen LogP contribution in [-0.4, -0.2) is 16.2 Å². The van der Waals surface area contributed by atoms with Gasteiger partial charge in [-0.2, -0.15) is 0 Å². The summed E-state index contributed by atoms with van der Waals surface area (Å²) in [6.07, 6.45) is 5.87. The Labute approximate surface area is 121 Å². The second-order valence-electron chi connectivity index (χ2n) is 4.08. The lowest BCUT2D eigenvalue weighted by Crippen LogP contribution is -2.06. The van der Waals surface area contributed by atoms with Gasteiger partial charge in [0, 0.05) is 5.38 Å². The van der Waals surface area contributed by atoms with E-state index >= 15 is 0 Å². The van der Waals surface area contributed by atoms with E-state index in [1.54, 1.807) is 17.4 Å². The van der Waals surface area contributed by atoms with Gasteiger partial charge in [0.05, 0.1) is 16.8 Å². The molecule has 0 unspecified atom stereocenters. The Morgan fingerprint density at radius 3 is 2.58 bits per heavy atom. The lowest BCUT2D eigenvalue weighted by molar-refractivity contribution is 0.215. The first kappa shape index (κ1) is 17.8. The molecule has 0 bridgehead atoms. The number of nitrogens with zero attached hydrogens (tertiary/aromatic N) is 1. The van der Waals surface area contributed by atoms with Gasteiger partial charge in [-0.15, -0.1) is 11.3 Å². The maximum Gasteiger partial charge on any atom is 0.0901 e. The van der Waals surface area contributed by atoms with Crippen molar-refractivity contribution in [1.29, 1.82) is 0 Å². The molecule has 0 fully saturated rings. The van der Waals surface area contributed by atoms with Crippen LogP contribution in [-0.2, 0) is 0 Å². The van der Waals surface area contributed by atoms with E-state index in [-0.39, 0.29) is 0 Å². The van der Waals surface area contributed by atoms with Gasteiger partial charge in [0.25, 0.3) is 0 Å². The highest BCUT2D eigenvalue weighted by Gasteiger charge is 2.05. The fourth-order valence-electron chi connectivity index (χ4n) is 1.34. The lowest BCUT2D eigenvalue weighted by Gasteiger charge is -2.08. The molecular weight excluding hydrogens is 254 g/mol. The molecular formula is C16H25NOS. The summed E-state index contributed by atoms with van der Waals surface area (Å²) < 4.78 is 0. The minimum Gasteiger partial charge on any atom is -0.388 e. The van der Waals surface area contributed by atoms with Gasteiger partial charge in [-0.1, -0.05) is 38.2 Å². The van der Waals surface area contributed by atoms with E-state index in [1.807, 2.05) is 52.2 Å². The molecule has 0 saturated heterocycles.